The predicted octanol–water partition coefficient (Wildman–Crippen LogP) is 2.01. The summed E-state index contributed by atoms with van der Waals surface area (Å²) in [6.45, 7) is 4.56. The number of aryl methyl sites for hydroxylation is 1. The topological polar surface area (TPSA) is 64.3 Å². The van der Waals surface area contributed by atoms with Crippen LogP contribution >= 0.6 is 0 Å². The summed E-state index contributed by atoms with van der Waals surface area (Å²) in [6.07, 6.45) is 1.60. The first-order chi connectivity index (χ1) is 10.1. The molecule has 0 aliphatic carbocycles. The summed E-state index contributed by atoms with van der Waals surface area (Å²) in [6, 6.07) is 5.09. The van der Waals surface area contributed by atoms with E-state index >= 15 is 0 Å². The highest BCUT2D eigenvalue weighted by Gasteiger charge is 2.15. The molecule has 0 aromatic carbocycles. The summed E-state index contributed by atoms with van der Waals surface area (Å²) >= 11 is 0. The molecule has 1 saturated heterocycles. The molecule has 0 saturated carbocycles. The highest BCUT2D eigenvalue weighted by molar-refractivity contribution is 5.71. The average molecular weight is 288 g/mol. The fourth-order valence-electron chi connectivity index (χ4n) is 2.43. The van der Waals surface area contributed by atoms with E-state index in [-0.39, 0.29) is 0 Å². The molecule has 1 aliphatic rings. The first-order valence-electron chi connectivity index (χ1n) is 6.86. The molecule has 0 radical (unpaired) electrons. The monoisotopic (exact) mass is 288 g/mol. The summed E-state index contributed by atoms with van der Waals surface area (Å²) in [7, 11) is 0. The molecule has 0 atom stereocenters. The molecule has 110 valence electrons. The SMILES string of the molecule is Cc1ncc(N)cc1-c1cc(F)nc(N2CCOCC2)c1. The van der Waals surface area contributed by atoms with Crippen molar-refractivity contribution in [3.8, 4) is 11.1 Å². The number of nitrogens with zero attached hydrogens (tertiary/aromatic N) is 3. The summed E-state index contributed by atoms with van der Waals surface area (Å²) < 4.78 is 19.2. The molecule has 0 amide bonds. The van der Waals surface area contributed by atoms with Gasteiger partial charge in [0, 0.05) is 30.4 Å². The maximum atomic E-state index is 13.9. The lowest BCUT2D eigenvalue weighted by molar-refractivity contribution is 0.122. The Kier molecular flexibility index (Phi) is 3.70. The van der Waals surface area contributed by atoms with Crippen LogP contribution in [-0.4, -0.2) is 36.3 Å². The van der Waals surface area contributed by atoms with Crippen molar-refractivity contribution in [3.63, 3.8) is 0 Å². The highest BCUT2D eigenvalue weighted by Crippen LogP contribution is 2.27. The minimum atomic E-state index is -0.504. The van der Waals surface area contributed by atoms with Crippen LogP contribution in [0.2, 0.25) is 0 Å². The maximum absolute atomic E-state index is 13.9. The Hall–Kier alpha value is -2.21. The fraction of sp³-hybridized carbons (Fsp3) is 0.333. The van der Waals surface area contributed by atoms with Gasteiger partial charge in [0.1, 0.15) is 5.82 Å². The van der Waals surface area contributed by atoms with E-state index in [1.54, 1.807) is 12.3 Å². The van der Waals surface area contributed by atoms with Gasteiger partial charge in [0.2, 0.25) is 5.95 Å². The molecule has 2 aromatic heterocycles. The largest absolute Gasteiger partial charge is 0.397 e. The van der Waals surface area contributed by atoms with Gasteiger partial charge in [0.25, 0.3) is 0 Å². The van der Waals surface area contributed by atoms with Crippen molar-refractivity contribution in [3.05, 3.63) is 36.0 Å². The molecular formula is C15H17FN4O. The van der Waals surface area contributed by atoms with Crippen LogP contribution in [-0.2, 0) is 4.74 Å². The molecule has 0 bridgehead atoms. The van der Waals surface area contributed by atoms with Crippen LogP contribution in [0.1, 0.15) is 5.69 Å². The van der Waals surface area contributed by atoms with E-state index in [1.165, 1.54) is 6.07 Å². The van der Waals surface area contributed by atoms with E-state index in [9.17, 15) is 4.39 Å². The number of nitrogen functional groups attached to an aromatic ring is 1. The molecule has 2 aromatic rings. The van der Waals surface area contributed by atoms with Crippen LogP contribution in [0.25, 0.3) is 11.1 Å². The Labute approximate surface area is 122 Å². The second-order valence-corrected chi connectivity index (χ2v) is 5.04. The van der Waals surface area contributed by atoms with E-state index < -0.39 is 5.95 Å². The summed E-state index contributed by atoms with van der Waals surface area (Å²) in [5.74, 6) is 0.117. The Morgan fingerprint density at radius 1 is 1.24 bits per heavy atom. The number of halogens is 1. The summed E-state index contributed by atoms with van der Waals surface area (Å²) in [5, 5.41) is 0. The zero-order valence-corrected chi connectivity index (χ0v) is 11.8. The number of rotatable bonds is 2. The van der Waals surface area contributed by atoms with Crippen molar-refractivity contribution < 1.29 is 9.13 Å². The van der Waals surface area contributed by atoms with Gasteiger partial charge in [-0.1, -0.05) is 0 Å². The molecule has 21 heavy (non-hydrogen) atoms. The fourth-order valence-corrected chi connectivity index (χ4v) is 2.43. The van der Waals surface area contributed by atoms with Crippen LogP contribution < -0.4 is 10.6 Å². The van der Waals surface area contributed by atoms with Crippen LogP contribution in [0.15, 0.2) is 24.4 Å². The van der Waals surface area contributed by atoms with Gasteiger partial charge in [0.05, 0.1) is 25.1 Å². The lowest BCUT2D eigenvalue weighted by Crippen LogP contribution is -2.36. The van der Waals surface area contributed by atoms with Gasteiger partial charge in [-0.15, -0.1) is 0 Å². The Bertz CT molecular complexity index is 656. The Balaban J connectivity index is 2.02. The number of hydrogen-bond acceptors (Lipinski definition) is 5. The molecule has 3 heterocycles. The first-order valence-corrected chi connectivity index (χ1v) is 6.86. The van der Waals surface area contributed by atoms with E-state index in [1.807, 2.05) is 17.9 Å². The standard InChI is InChI=1S/C15H17FN4O/c1-10-13(8-12(17)9-18-10)11-6-14(16)19-15(7-11)20-2-4-21-5-3-20/h6-9H,2-5,17H2,1H3. The summed E-state index contributed by atoms with van der Waals surface area (Å²) in [4.78, 5) is 10.2. The number of aromatic nitrogens is 2. The molecule has 1 fully saturated rings. The quantitative estimate of drug-likeness (QED) is 0.856. The van der Waals surface area contributed by atoms with Crippen LogP contribution in [0, 0.1) is 12.9 Å². The van der Waals surface area contributed by atoms with Crippen LogP contribution in [0.5, 0.6) is 0 Å². The molecule has 3 rings (SSSR count). The number of hydrogen-bond donors (Lipinski definition) is 1. The molecule has 1 aliphatic heterocycles. The molecule has 0 unspecified atom stereocenters. The van der Waals surface area contributed by atoms with Gasteiger partial charge in [-0.2, -0.15) is 4.39 Å². The van der Waals surface area contributed by atoms with Gasteiger partial charge >= 0.3 is 0 Å². The lowest BCUT2D eigenvalue weighted by Gasteiger charge is -2.28. The third-order valence-electron chi connectivity index (χ3n) is 3.53. The van der Waals surface area contributed by atoms with Gasteiger partial charge < -0.3 is 15.4 Å². The van der Waals surface area contributed by atoms with Crippen molar-refractivity contribution in [1.29, 1.82) is 0 Å². The molecule has 2 N–H and O–H groups in total. The maximum Gasteiger partial charge on any atom is 0.215 e. The number of nitrogens with two attached hydrogens (primary N) is 1. The third-order valence-corrected chi connectivity index (χ3v) is 3.53. The smallest absolute Gasteiger partial charge is 0.215 e. The van der Waals surface area contributed by atoms with Crippen LogP contribution in [0.4, 0.5) is 15.9 Å². The van der Waals surface area contributed by atoms with E-state index in [0.29, 0.717) is 37.8 Å². The second-order valence-electron chi connectivity index (χ2n) is 5.04. The van der Waals surface area contributed by atoms with Gasteiger partial charge in [0.15, 0.2) is 0 Å². The number of anilines is 2. The predicted molar refractivity (Wildman–Crippen MR) is 79.6 cm³/mol. The molecular weight excluding hydrogens is 271 g/mol. The second kappa shape index (κ2) is 5.65. The van der Waals surface area contributed by atoms with Gasteiger partial charge in [-0.3, -0.25) is 4.98 Å². The van der Waals surface area contributed by atoms with Gasteiger partial charge in [-0.05, 0) is 24.6 Å². The van der Waals surface area contributed by atoms with Crippen molar-refractivity contribution in [2.45, 2.75) is 6.92 Å². The van der Waals surface area contributed by atoms with E-state index in [4.69, 9.17) is 10.5 Å². The molecule has 0 spiro atoms. The van der Waals surface area contributed by atoms with E-state index in [0.717, 1.165) is 16.8 Å². The van der Waals surface area contributed by atoms with Crippen LogP contribution in [0.3, 0.4) is 0 Å². The van der Waals surface area contributed by atoms with Crippen molar-refractivity contribution in [2.75, 3.05) is 36.9 Å². The minimum Gasteiger partial charge on any atom is -0.397 e. The first kappa shape index (κ1) is 13.8. The minimum absolute atomic E-state index is 0.504. The zero-order valence-electron chi connectivity index (χ0n) is 11.8. The highest BCUT2D eigenvalue weighted by atomic mass is 19.1. The normalized spacial score (nSPS) is 15.2. The van der Waals surface area contributed by atoms with Crippen molar-refractivity contribution in [1.82, 2.24) is 9.97 Å². The van der Waals surface area contributed by atoms with Gasteiger partial charge in [-0.25, -0.2) is 4.98 Å². The Morgan fingerprint density at radius 2 is 2.00 bits per heavy atom. The number of morpholine rings is 1. The zero-order chi connectivity index (χ0) is 14.8. The van der Waals surface area contributed by atoms with Crippen molar-refractivity contribution in [2.24, 2.45) is 0 Å². The average Bonchev–Trinajstić information content (AvgIpc) is 2.50. The number of pyridine rings is 2. The summed E-state index contributed by atoms with van der Waals surface area (Å²) in [5.41, 5.74) is 8.71. The molecule has 5 nitrogen and oxygen atoms in total. The Morgan fingerprint density at radius 3 is 2.76 bits per heavy atom. The third kappa shape index (κ3) is 2.95. The van der Waals surface area contributed by atoms with Crippen molar-refractivity contribution >= 4 is 11.5 Å². The lowest BCUT2D eigenvalue weighted by atomic mass is 10.0. The molecule has 6 heteroatoms. The van der Waals surface area contributed by atoms with E-state index in [2.05, 4.69) is 9.97 Å². The number of ether oxygens (including phenoxy) is 1.